The first-order valence-electron chi connectivity index (χ1n) is 6.28. The molecule has 0 bridgehead atoms. The molecule has 21 heavy (non-hydrogen) atoms. The molecule has 0 saturated carbocycles. The second-order valence-electron chi connectivity index (χ2n) is 5.12. The summed E-state index contributed by atoms with van der Waals surface area (Å²) in [6.45, 7) is 4.92. The molecule has 0 heterocycles. The van der Waals surface area contributed by atoms with E-state index in [0.717, 1.165) is 12.6 Å². The summed E-state index contributed by atoms with van der Waals surface area (Å²) in [5, 5.41) is 2.18. The van der Waals surface area contributed by atoms with E-state index in [1.807, 2.05) is 0 Å². The Morgan fingerprint density at radius 1 is 0.810 bits per heavy atom. The SMILES string of the molecule is CNC(c1cc(C)c(C)cc1C)C(C(F)(F)F)C(F)(F)F. The molecule has 1 aromatic carbocycles. The number of benzene rings is 1. The Balaban J connectivity index is 3.44. The molecule has 120 valence electrons. The highest BCUT2D eigenvalue weighted by atomic mass is 19.4. The number of nitrogens with one attached hydrogen (secondary N) is 1. The molecule has 0 aliphatic carbocycles. The van der Waals surface area contributed by atoms with Crippen molar-refractivity contribution in [3.8, 4) is 0 Å². The average molecular weight is 313 g/mol. The monoisotopic (exact) mass is 313 g/mol. The maximum absolute atomic E-state index is 12.9. The van der Waals surface area contributed by atoms with Gasteiger partial charge in [-0.05, 0) is 50.1 Å². The van der Waals surface area contributed by atoms with E-state index in [4.69, 9.17) is 0 Å². The van der Waals surface area contributed by atoms with Gasteiger partial charge < -0.3 is 5.32 Å². The first-order chi connectivity index (χ1) is 9.39. The standard InChI is InChI=1S/C14H17F6N/c1-7-5-9(3)10(6-8(7)2)11(21-4)12(13(15,16)17)14(18,19)20/h5-6,11-12,21H,1-4H3. The van der Waals surface area contributed by atoms with Crippen LogP contribution < -0.4 is 5.32 Å². The van der Waals surface area contributed by atoms with E-state index in [2.05, 4.69) is 5.32 Å². The van der Waals surface area contributed by atoms with E-state index in [1.54, 1.807) is 19.9 Å². The number of halogens is 6. The van der Waals surface area contributed by atoms with Crippen LogP contribution in [0.3, 0.4) is 0 Å². The highest BCUT2D eigenvalue weighted by molar-refractivity contribution is 5.38. The van der Waals surface area contributed by atoms with Crippen LogP contribution in [0.4, 0.5) is 26.3 Å². The summed E-state index contributed by atoms with van der Waals surface area (Å²) in [7, 11) is 1.10. The molecule has 1 atom stereocenters. The molecule has 0 radical (unpaired) electrons. The van der Waals surface area contributed by atoms with Gasteiger partial charge in [0.25, 0.3) is 0 Å². The first-order valence-corrected chi connectivity index (χ1v) is 6.28. The van der Waals surface area contributed by atoms with Gasteiger partial charge in [-0.1, -0.05) is 12.1 Å². The van der Waals surface area contributed by atoms with Gasteiger partial charge in [-0.3, -0.25) is 0 Å². The van der Waals surface area contributed by atoms with Crippen LogP contribution in [-0.2, 0) is 0 Å². The number of hydrogen-bond donors (Lipinski definition) is 1. The molecule has 0 aliphatic heterocycles. The lowest BCUT2D eigenvalue weighted by Crippen LogP contribution is -2.45. The van der Waals surface area contributed by atoms with Gasteiger partial charge in [0.05, 0.1) is 6.04 Å². The second-order valence-corrected chi connectivity index (χ2v) is 5.12. The zero-order valence-corrected chi connectivity index (χ0v) is 12.1. The van der Waals surface area contributed by atoms with Crippen LogP contribution in [0.25, 0.3) is 0 Å². The van der Waals surface area contributed by atoms with Gasteiger partial charge in [0, 0.05) is 0 Å². The largest absolute Gasteiger partial charge is 0.402 e. The fourth-order valence-electron chi connectivity index (χ4n) is 2.38. The van der Waals surface area contributed by atoms with Gasteiger partial charge in [0.1, 0.15) is 0 Å². The Bertz CT molecular complexity index is 489. The van der Waals surface area contributed by atoms with E-state index in [1.165, 1.54) is 13.0 Å². The zero-order valence-electron chi connectivity index (χ0n) is 12.1. The molecule has 1 N–H and O–H groups in total. The number of rotatable bonds is 3. The fraction of sp³-hybridized carbons (Fsp3) is 0.571. The summed E-state index contributed by atoms with van der Waals surface area (Å²) >= 11 is 0. The van der Waals surface area contributed by atoms with Gasteiger partial charge in [-0.15, -0.1) is 0 Å². The van der Waals surface area contributed by atoms with E-state index in [0.29, 0.717) is 11.1 Å². The lowest BCUT2D eigenvalue weighted by molar-refractivity contribution is -0.292. The van der Waals surface area contributed by atoms with Crippen molar-refractivity contribution >= 4 is 0 Å². The molecule has 0 saturated heterocycles. The Hall–Kier alpha value is -1.24. The van der Waals surface area contributed by atoms with Crippen LogP contribution in [0.15, 0.2) is 12.1 Å². The summed E-state index contributed by atoms with van der Waals surface area (Å²) in [5.41, 5.74) is 1.89. The molecule has 0 aliphatic rings. The molecule has 0 fully saturated rings. The Labute approximate surface area is 119 Å². The number of aryl methyl sites for hydroxylation is 3. The molecular weight excluding hydrogens is 296 g/mol. The predicted molar refractivity (Wildman–Crippen MR) is 68.1 cm³/mol. The second kappa shape index (κ2) is 5.87. The molecule has 7 heteroatoms. The zero-order chi connectivity index (χ0) is 16.6. The van der Waals surface area contributed by atoms with E-state index < -0.39 is 24.3 Å². The summed E-state index contributed by atoms with van der Waals surface area (Å²) in [4.78, 5) is 0. The topological polar surface area (TPSA) is 12.0 Å². The molecule has 1 unspecified atom stereocenters. The number of alkyl halides is 6. The van der Waals surface area contributed by atoms with E-state index >= 15 is 0 Å². The maximum Gasteiger partial charge on any atom is 0.402 e. The van der Waals surface area contributed by atoms with Crippen molar-refractivity contribution in [1.29, 1.82) is 0 Å². The third kappa shape index (κ3) is 3.90. The van der Waals surface area contributed by atoms with Gasteiger partial charge in [0.2, 0.25) is 0 Å². The molecule has 1 aromatic rings. The van der Waals surface area contributed by atoms with Crippen molar-refractivity contribution in [2.45, 2.75) is 39.2 Å². The molecule has 0 spiro atoms. The Morgan fingerprint density at radius 3 is 1.62 bits per heavy atom. The quantitative estimate of drug-likeness (QED) is 0.803. The molecule has 1 nitrogen and oxygen atoms in total. The minimum atomic E-state index is -5.38. The number of hydrogen-bond acceptors (Lipinski definition) is 1. The van der Waals surface area contributed by atoms with Gasteiger partial charge >= 0.3 is 12.4 Å². The Kier molecular flexibility index (Phi) is 4.98. The normalized spacial score (nSPS) is 14.6. The Morgan fingerprint density at radius 2 is 1.24 bits per heavy atom. The summed E-state index contributed by atoms with van der Waals surface area (Å²) < 4.78 is 77.3. The van der Waals surface area contributed by atoms with E-state index in [-0.39, 0.29) is 5.56 Å². The highest BCUT2D eigenvalue weighted by Gasteiger charge is 2.60. The van der Waals surface area contributed by atoms with Crippen LogP contribution in [0.2, 0.25) is 0 Å². The predicted octanol–water partition coefficient (Wildman–Crippen LogP) is 4.61. The lowest BCUT2D eigenvalue weighted by atomic mass is 9.87. The average Bonchev–Trinajstić information content (AvgIpc) is 2.27. The van der Waals surface area contributed by atoms with Crippen molar-refractivity contribution in [3.63, 3.8) is 0 Å². The molecular formula is C14H17F6N. The van der Waals surface area contributed by atoms with Crippen molar-refractivity contribution in [1.82, 2.24) is 5.32 Å². The minimum Gasteiger partial charge on any atom is -0.312 e. The molecule has 0 aromatic heterocycles. The minimum absolute atomic E-state index is 0.0141. The molecule has 0 amide bonds. The van der Waals surface area contributed by atoms with E-state index in [9.17, 15) is 26.3 Å². The van der Waals surface area contributed by atoms with Gasteiger partial charge in [-0.25, -0.2) is 0 Å². The lowest BCUT2D eigenvalue weighted by Gasteiger charge is -2.32. The van der Waals surface area contributed by atoms with Crippen LogP contribution in [0.5, 0.6) is 0 Å². The van der Waals surface area contributed by atoms with Gasteiger partial charge in [0.15, 0.2) is 5.92 Å². The van der Waals surface area contributed by atoms with Crippen molar-refractivity contribution < 1.29 is 26.3 Å². The fourth-order valence-corrected chi connectivity index (χ4v) is 2.38. The van der Waals surface area contributed by atoms with Crippen LogP contribution >= 0.6 is 0 Å². The highest BCUT2D eigenvalue weighted by Crippen LogP contribution is 2.47. The van der Waals surface area contributed by atoms with Crippen molar-refractivity contribution in [3.05, 3.63) is 34.4 Å². The molecule has 1 rings (SSSR count). The summed E-state index contributed by atoms with van der Waals surface area (Å²) in [5.74, 6) is -3.45. The third-order valence-electron chi connectivity index (χ3n) is 3.57. The van der Waals surface area contributed by atoms with Crippen molar-refractivity contribution in [2.75, 3.05) is 7.05 Å². The summed E-state index contributed by atoms with van der Waals surface area (Å²) in [6.07, 6.45) is -10.8. The van der Waals surface area contributed by atoms with Gasteiger partial charge in [-0.2, -0.15) is 26.3 Å². The van der Waals surface area contributed by atoms with Crippen LogP contribution in [0, 0.1) is 26.7 Å². The summed E-state index contributed by atoms with van der Waals surface area (Å²) in [6, 6.07) is 1.11. The van der Waals surface area contributed by atoms with Crippen molar-refractivity contribution in [2.24, 2.45) is 5.92 Å². The van der Waals surface area contributed by atoms with Crippen LogP contribution in [-0.4, -0.2) is 19.4 Å². The third-order valence-corrected chi connectivity index (χ3v) is 3.57. The smallest absolute Gasteiger partial charge is 0.312 e. The maximum atomic E-state index is 12.9. The van der Waals surface area contributed by atoms with Crippen LogP contribution in [0.1, 0.15) is 28.3 Å². The first kappa shape index (κ1) is 17.8.